The summed E-state index contributed by atoms with van der Waals surface area (Å²) in [5, 5.41) is 8.58. The van der Waals surface area contributed by atoms with E-state index in [-0.39, 0.29) is 0 Å². The summed E-state index contributed by atoms with van der Waals surface area (Å²) in [7, 11) is 0. The van der Waals surface area contributed by atoms with Gasteiger partial charge < -0.3 is 5.11 Å². The molecule has 0 aromatic heterocycles. The van der Waals surface area contributed by atoms with Gasteiger partial charge in [-0.2, -0.15) is 0 Å². The Balaban J connectivity index is 3.64. The standard InChI is InChI=1S/C26H44O2/c1-23(2)17-15-19-25(4)21-16-20-24(3)18-13-11-9-7-5-6-8-10-12-14-22-26(27)28/h9,11,17-18,21H,5-8,10,12-16,19-20,22H2,1-4H3,(H,27,28)/b11-9+,24-18+,25-21+. The van der Waals surface area contributed by atoms with Gasteiger partial charge in [-0.15, -0.1) is 0 Å². The van der Waals surface area contributed by atoms with E-state index in [1.165, 1.54) is 48.8 Å². The van der Waals surface area contributed by atoms with Crippen LogP contribution in [0.5, 0.6) is 0 Å². The van der Waals surface area contributed by atoms with Crippen molar-refractivity contribution >= 4 is 5.97 Å². The number of allylic oxidation sites excluding steroid dienone is 8. The molecule has 0 fully saturated rings. The third-order valence-corrected chi connectivity index (χ3v) is 4.90. The van der Waals surface area contributed by atoms with E-state index in [0.29, 0.717) is 6.42 Å². The number of unbranched alkanes of at least 4 members (excludes halogenated alkanes) is 6. The van der Waals surface area contributed by atoms with Crippen molar-refractivity contribution in [3.05, 3.63) is 47.1 Å². The van der Waals surface area contributed by atoms with E-state index in [1.54, 1.807) is 0 Å². The van der Waals surface area contributed by atoms with E-state index in [2.05, 4.69) is 58.1 Å². The zero-order chi connectivity index (χ0) is 21.0. The van der Waals surface area contributed by atoms with Crippen LogP contribution < -0.4 is 0 Å². The van der Waals surface area contributed by atoms with E-state index in [9.17, 15) is 4.79 Å². The van der Waals surface area contributed by atoms with Crippen LogP contribution in [0.15, 0.2) is 47.1 Å². The van der Waals surface area contributed by atoms with Crippen LogP contribution in [0, 0.1) is 0 Å². The topological polar surface area (TPSA) is 37.3 Å². The van der Waals surface area contributed by atoms with Crippen molar-refractivity contribution in [1.82, 2.24) is 0 Å². The summed E-state index contributed by atoms with van der Waals surface area (Å²) in [6.07, 6.45) is 25.6. The number of rotatable bonds is 17. The van der Waals surface area contributed by atoms with E-state index < -0.39 is 5.97 Å². The van der Waals surface area contributed by atoms with Gasteiger partial charge in [-0.25, -0.2) is 0 Å². The largest absolute Gasteiger partial charge is 0.481 e. The second kappa shape index (κ2) is 18.8. The van der Waals surface area contributed by atoms with Crippen LogP contribution in [-0.4, -0.2) is 11.1 Å². The molecule has 1 N–H and O–H groups in total. The van der Waals surface area contributed by atoms with Gasteiger partial charge in [-0.1, -0.05) is 72.8 Å². The van der Waals surface area contributed by atoms with Crippen molar-refractivity contribution in [1.29, 1.82) is 0 Å². The Hall–Kier alpha value is -1.57. The van der Waals surface area contributed by atoms with E-state index in [4.69, 9.17) is 5.11 Å². The highest BCUT2D eigenvalue weighted by Gasteiger charge is 1.96. The zero-order valence-corrected chi connectivity index (χ0v) is 18.9. The first-order valence-corrected chi connectivity index (χ1v) is 11.2. The van der Waals surface area contributed by atoms with Gasteiger partial charge >= 0.3 is 5.97 Å². The fourth-order valence-electron chi connectivity index (χ4n) is 3.07. The minimum absolute atomic E-state index is 0.321. The average Bonchev–Trinajstić information content (AvgIpc) is 2.62. The first-order valence-electron chi connectivity index (χ1n) is 11.2. The van der Waals surface area contributed by atoms with Crippen LogP contribution >= 0.6 is 0 Å². The molecule has 0 aliphatic carbocycles. The van der Waals surface area contributed by atoms with E-state index >= 15 is 0 Å². The minimum Gasteiger partial charge on any atom is -0.481 e. The van der Waals surface area contributed by atoms with Crippen LogP contribution in [0.2, 0.25) is 0 Å². The predicted molar refractivity (Wildman–Crippen MR) is 124 cm³/mol. The quantitative estimate of drug-likeness (QED) is 0.200. The lowest BCUT2D eigenvalue weighted by Crippen LogP contribution is -1.93. The van der Waals surface area contributed by atoms with Gasteiger partial charge in [-0.05, 0) is 79.1 Å². The molecule has 0 spiro atoms. The molecule has 0 atom stereocenters. The lowest BCUT2D eigenvalue weighted by atomic mass is 10.1. The molecule has 0 unspecified atom stereocenters. The van der Waals surface area contributed by atoms with Gasteiger partial charge in [0.05, 0.1) is 0 Å². The normalized spacial score (nSPS) is 12.6. The lowest BCUT2D eigenvalue weighted by Gasteiger charge is -2.01. The molecule has 0 rings (SSSR count). The summed E-state index contributed by atoms with van der Waals surface area (Å²) < 4.78 is 0. The van der Waals surface area contributed by atoms with Crippen LogP contribution in [0.3, 0.4) is 0 Å². The second-order valence-corrected chi connectivity index (χ2v) is 8.22. The van der Waals surface area contributed by atoms with Crippen molar-refractivity contribution < 1.29 is 9.90 Å². The third-order valence-electron chi connectivity index (χ3n) is 4.90. The monoisotopic (exact) mass is 388 g/mol. The van der Waals surface area contributed by atoms with Gasteiger partial charge in [0.25, 0.3) is 0 Å². The Labute approximate surface area is 174 Å². The molecule has 0 heterocycles. The van der Waals surface area contributed by atoms with Crippen LogP contribution in [0.25, 0.3) is 0 Å². The van der Waals surface area contributed by atoms with Gasteiger partial charge in [0.2, 0.25) is 0 Å². The number of hydrogen-bond acceptors (Lipinski definition) is 1. The van der Waals surface area contributed by atoms with E-state index in [0.717, 1.165) is 44.9 Å². The summed E-state index contributed by atoms with van der Waals surface area (Å²) in [4.78, 5) is 10.4. The molecule has 0 bridgehead atoms. The molecule has 0 aliphatic rings. The lowest BCUT2D eigenvalue weighted by molar-refractivity contribution is -0.137. The molecule has 0 aromatic carbocycles. The number of hydrogen-bond donors (Lipinski definition) is 1. The predicted octanol–water partition coefficient (Wildman–Crippen LogP) is 8.56. The fraction of sp³-hybridized carbons (Fsp3) is 0.654. The number of carboxylic acid groups (broad SMARTS) is 1. The van der Waals surface area contributed by atoms with Crippen LogP contribution in [-0.2, 0) is 4.79 Å². The number of carbonyl (C=O) groups is 1. The summed E-state index contributed by atoms with van der Waals surface area (Å²) >= 11 is 0. The van der Waals surface area contributed by atoms with Crippen molar-refractivity contribution in [2.24, 2.45) is 0 Å². The van der Waals surface area contributed by atoms with Gasteiger partial charge in [0, 0.05) is 6.42 Å². The molecule has 0 aliphatic heterocycles. The van der Waals surface area contributed by atoms with Crippen LogP contribution in [0.4, 0.5) is 0 Å². The van der Waals surface area contributed by atoms with Crippen molar-refractivity contribution in [3.63, 3.8) is 0 Å². The Kier molecular flexibility index (Phi) is 17.7. The number of aliphatic carboxylic acids is 1. The average molecular weight is 389 g/mol. The van der Waals surface area contributed by atoms with Crippen LogP contribution in [0.1, 0.15) is 111 Å². The third kappa shape index (κ3) is 20.7. The number of carboxylic acids is 1. The molecular formula is C26H44O2. The van der Waals surface area contributed by atoms with Crippen molar-refractivity contribution in [3.8, 4) is 0 Å². The van der Waals surface area contributed by atoms with Gasteiger partial charge in [0.15, 0.2) is 0 Å². The second-order valence-electron chi connectivity index (χ2n) is 8.22. The molecule has 2 nitrogen and oxygen atoms in total. The molecule has 0 amide bonds. The Morgan fingerprint density at radius 2 is 1.21 bits per heavy atom. The highest BCUT2D eigenvalue weighted by Crippen LogP contribution is 2.12. The van der Waals surface area contributed by atoms with Gasteiger partial charge in [-0.3, -0.25) is 4.79 Å². The first-order chi connectivity index (χ1) is 13.4. The smallest absolute Gasteiger partial charge is 0.303 e. The fourth-order valence-corrected chi connectivity index (χ4v) is 3.07. The summed E-state index contributed by atoms with van der Waals surface area (Å²) in [5.74, 6) is -0.670. The molecule has 0 saturated heterocycles. The molecule has 2 heteroatoms. The van der Waals surface area contributed by atoms with Crippen molar-refractivity contribution in [2.75, 3.05) is 0 Å². The first kappa shape index (κ1) is 26.4. The molecule has 0 radical (unpaired) electrons. The van der Waals surface area contributed by atoms with Gasteiger partial charge in [0.1, 0.15) is 0 Å². The Morgan fingerprint density at radius 1 is 0.643 bits per heavy atom. The molecule has 28 heavy (non-hydrogen) atoms. The minimum atomic E-state index is -0.670. The van der Waals surface area contributed by atoms with E-state index in [1.807, 2.05) is 0 Å². The highest BCUT2D eigenvalue weighted by atomic mass is 16.4. The highest BCUT2D eigenvalue weighted by molar-refractivity contribution is 5.66. The maximum Gasteiger partial charge on any atom is 0.303 e. The maximum atomic E-state index is 10.4. The Morgan fingerprint density at radius 3 is 1.86 bits per heavy atom. The Bertz CT molecular complexity index is 517. The SMILES string of the molecule is CC(C)=CCC/C(C)=C/CC/C(C)=C/C/C=C/CCCCCCCCC(=O)O. The van der Waals surface area contributed by atoms with Crippen molar-refractivity contribution in [2.45, 2.75) is 111 Å². The molecular weight excluding hydrogens is 344 g/mol. The molecule has 160 valence electrons. The summed E-state index contributed by atoms with van der Waals surface area (Å²) in [5.41, 5.74) is 4.40. The zero-order valence-electron chi connectivity index (χ0n) is 18.9. The maximum absolute atomic E-state index is 10.4. The molecule has 0 aromatic rings. The summed E-state index contributed by atoms with van der Waals surface area (Å²) in [6, 6.07) is 0. The molecule has 0 saturated carbocycles. The summed E-state index contributed by atoms with van der Waals surface area (Å²) in [6.45, 7) is 8.81.